The summed E-state index contributed by atoms with van der Waals surface area (Å²) in [4.78, 5) is 24.5. The summed E-state index contributed by atoms with van der Waals surface area (Å²) < 4.78 is 11.4. The van der Waals surface area contributed by atoms with Crippen molar-refractivity contribution in [3.05, 3.63) is 0 Å². The zero-order valence-electron chi connectivity index (χ0n) is 13.2. The molecule has 1 heterocycles. The molecule has 10 atom stereocenters. The van der Waals surface area contributed by atoms with Gasteiger partial charge in [-0.1, -0.05) is 28.7 Å². The number of esters is 2. The number of carbonyl (C=O) groups is 2. The van der Waals surface area contributed by atoms with Crippen LogP contribution in [0, 0.1) is 47.3 Å². The van der Waals surface area contributed by atoms with Crippen LogP contribution in [0.3, 0.4) is 0 Å². The van der Waals surface area contributed by atoms with E-state index in [1.165, 1.54) is 6.42 Å². The second kappa shape index (κ2) is 5.74. The molecule has 5 fully saturated rings. The van der Waals surface area contributed by atoms with Gasteiger partial charge in [0.15, 0.2) is 0 Å². The summed E-state index contributed by atoms with van der Waals surface area (Å²) in [5.41, 5.74) is 0. The molecule has 0 radical (unpaired) electrons. The molecule has 0 N–H and O–H groups in total. The van der Waals surface area contributed by atoms with E-state index in [0.717, 1.165) is 25.2 Å². The van der Waals surface area contributed by atoms with E-state index in [2.05, 4.69) is 13.8 Å². The zero-order valence-corrected chi connectivity index (χ0v) is 13.2. The van der Waals surface area contributed by atoms with Crippen molar-refractivity contribution >= 4 is 11.9 Å². The highest BCUT2D eigenvalue weighted by atomic mass is 16.6. The normalized spacial score (nSPS) is 52.7. The molecular weight excluding hydrogens is 304 g/mol. The maximum Gasteiger partial charge on any atom is 0.309 e. The van der Waals surface area contributed by atoms with Crippen molar-refractivity contribution in [1.82, 2.24) is 0 Å². The molecule has 4 aliphatic carbocycles. The van der Waals surface area contributed by atoms with E-state index >= 15 is 0 Å². The number of hydrogen-bond acceptors (Lipinski definition) is 4. The van der Waals surface area contributed by atoms with Gasteiger partial charge in [0.05, 0.1) is 11.8 Å². The van der Waals surface area contributed by atoms with Crippen molar-refractivity contribution in [2.45, 2.75) is 66.6 Å². The average Bonchev–Trinajstić information content (AvgIpc) is 3.23. The monoisotopic (exact) mass is 336 g/mol. The summed E-state index contributed by atoms with van der Waals surface area (Å²) in [5, 5.41) is 0. The fourth-order valence-electron chi connectivity index (χ4n) is 6.50. The van der Waals surface area contributed by atoms with Crippen LogP contribution < -0.4 is 0 Å². The highest BCUT2D eigenvalue weighted by Crippen LogP contribution is 2.57. The minimum atomic E-state index is -0.160. The number of rotatable bonds is 2. The summed E-state index contributed by atoms with van der Waals surface area (Å²) in [6.45, 7) is 4.61. The highest BCUT2D eigenvalue weighted by molar-refractivity contribution is 5.77. The van der Waals surface area contributed by atoms with Crippen molar-refractivity contribution in [3.8, 4) is 0 Å². The van der Waals surface area contributed by atoms with E-state index in [1.54, 1.807) is 0 Å². The van der Waals surface area contributed by atoms with E-state index in [0.29, 0.717) is 29.6 Å². The third kappa shape index (κ3) is 2.10. The summed E-state index contributed by atoms with van der Waals surface area (Å²) in [6, 6.07) is 0. The molecule has 136 valence electrons. The first kappa shape index (κ1) is 17.8. The maximum atomic E-state index is 12.7. The predicted octanol–water partition coefficient (Wildman–Crippen LogP) is 3.68. The van der Waals surface area contributed by atoms with Crippen LogP contribution in [0.25, 0.3) is 0 Å². The van der Waals surface area contributed by atoms with Gasteiger partial charge < -0.3 is 9.47 Å². The van der Waals surface area contributed by atoms with Crippen molar-refractivity contribution in [1.29, 1.82) is 0 Å². The lowest BCUT2D eigenvalue weighted by Crippen LogP contribution is -2.39. The zero-order chi connectivity index (χ0) is 15.2. The highest BCUT2D eigenvalue weighted by Gasteiger charge is 2.63. The quantitative estimate of drug-likeness (QED) is 0.722. The Bertz CT molecular complexity index is 542. The minimum Gasteiger partial charge on any atom is -0.458 e. The van der Waals surface area contributed by atoms with E-state index in [4.69, 9.17) is 9.47 Å². The number of carbonyl (C=O) groups excluding carboxylic acids is 2. The Labute approximate surface area is 145 Å². The van der Waals surface area contributed by atoms with Gasteiger partial charge in [-0.25, -0.2) is 0 Å². The lowest BCUT2D eigenvalue weighted by molar-refractivity contribution is -0.168. The smallest absolute Gasteiger partial charge is 0.309 e. The third-order valence-corrected chi connectivity index (χ3v) is 7.87. The van der Waals surface area contributed by atoms with Gasteiger partial charge in [-0.15, -0.1) is 0 Å². The molecule has 24 heavy (non-hydrogen) atoms. The van der Waals surface area contributed by atoms with Gasteiger partial charge >= 0.3 is 11.9 Å². The van der Waals surface area contributed by atoms with Gasteiger partial charge in [0.25, 0.3) is 0 Å². The van der Waals surface area contributed by atoms with E-state index in [-0.39, 0.29) is 50.8 Å². The van der Waals surface area contributed by atoms with E-state index in [1.807, 2.05) is 0 Å². The average molecular weight is 336 g/mol. The molecule has 4 bridgehead atoms. The molecule has 0 amide bonds. The van der Waals surface area contributed by atoms with Crippen LogP contribution in [0.4, 0.5) is 0 Å². The molecule has 5 rings (SSSR count). The van der Waals surface area contributed by atoms with Crippen LogP contribution >= 0.6 is 0 Å². The van der Waals surface area contributed by atoms with Gasteiger partial charge in [0.1, 0.15) is 12.2 Å². The fourth-order valence-corrected chi connectivity index (χ4v) is 6.50. The lowest BCUT2D eigenvalue weighted by Gasteiger charge is -2.32. The van der Waals surface area contributed by atoms with E-state index in [9.17, 15) is 9.59 Å². The minimum absolute atomic E-state index is 0. The SMILES string of the molecule is C.C.CC1C2CC(C(=O)OC3C4CC5C(=O)OC3C5C4)C(C2)C1C. The predicted molar refractivity (Wildman–Crippen MR) is 91.0 cm³/mol. The molecule has 1 aliphatic heterocycles. The van der Waals surface area contributed by atoms with Gasteiger partial charge in [0.2, 0.25) is 0 Å². The van der Waals surface area contributed by atoms with Crippen LogP contribution in [-0.2, 0) is 19.1 Å². The van der Waals surface area contributed by atoms with Gasteiger partial charge in [-0.3, -0.25) is 9.59 Å². The first-order chi connectivity index (χ1) is 10.5. The first-order valence-corrected chi connectivity index (χ1v) is 8.95. The Morgan fingerprint density at radius 2 is 1.71 bits per heavy atom. The first-order valence-electron chi connectivity index (χ1n) is 8.95. The topological polar surface area (TPSA) is 52.6 Å². The Morgan fingerprint density at radius 3 is 2.38 bits per heavy atom. The van der Waals surface area contributed by atoms with Crippen LogP contribution in [0.1, 0.15) is 54.4 Å². The second-order valence-corrected chi connectivity index (χ2v) is 8.52. The fraction of sp³-hybridized carbons (Fsp3) is 0.900. The van der Waals surface area contributed by atoms with Gasteiger partial charge in [0, 0.05) is 11.8 Å². The van der Waals surface area contributed by atoms with E-state index < -0.39 is 0 Å². The Morgan fingerprint density at radius 1 is 1.00 bits per heavy atom. The lowest BCUT2D eigenvalue weighted by atomic mass is 9.76. The van der Waals surface area contributed by atoms with Crippen molar-refractivity contribution in [2.24, 2.45) is 47.3 Å². The van der Waals surface area contributed by atoms with Gasteiger partial charge in [-0.2, -0.15) is 0 Å². The second-order valence-electron chi connectivity index (χ2n) is 8.52. The van der Waals surface area contributed by atoms with Gasteiger partial charge in [-0.05, 0) is 49.4 Å². The Kier molecular flexibility index (Phi) is 4.25. The largest absolute Gasteiger partial charge is 0.458 e. The molecule has 1 saturated heterocycles. The third-order valence-electron chi connectivity index (χ3n) is 7.87. The summed E-state index contributed by atoms with van der Waals surface area (Å²) in [5.74, 6) is 3.35. The molecule has 0 aromatic heterocycles. The van der Waals surface area contributed by atoms with Crippen LogP contribution in [0.15, 0.2) is 0 Å². The van der Waals surface area contributed by atoms with Crippen LogP contribution in [0.5, 0.6) is 0 Å². The number of fused-ring (bicyclic) bond motifs is 3. The van der Waals surface area contributed by atoms with Crippen molar-refractivity contribution < 1.29 is 19.1 Å². The van der Waals surface area contributed by atoms with Crippen molar-refractivity contribution in [2.75, 3.05) is 0 Å². The molecular formula is C20H32O4. The Hall–Kier alpha value is -1.06. The molecule has 0 aromatic carbocycles. The molecule has 5 aliphatic rings. The van der Waals surface area contributed by atoms with Crippen LogP contribution in [0.2, 0.25) is 0 Å². The number of ether oxygens (including phenoxy) is 2. The molecule has 0 spiro atoms. The summed E-state index contributed by atoms with van der Waals surface area (Å²) >= 11 is 0. The standard InChI is InChI=1S/C18H24O4.2CH4/c1-7-8(2)11-3-9(7)4-13(11)17(19)21-15-10-5-12-14(6-10)18(20)22-16(12)15;;/h7-16H,3-6H2,1-2H3;2*1H4. The molecule has 4 heteroatoms. The Balaban J connectivity index is 0.000000845. The van der Waals surface area contributed by atoms with Crippen LogP contribution in [-0.4, -0.2) is 24.1 Å². The molecule has 4 nitrogen and oxygen atoms in total. The molecule has 10 unspecified atom stereocenters. The maximum absolute atomic E-state index is 12.7. The number of hydrogen-bond donors (Lipinski definition) is 0. The van der Waals surface area contributed by atoms with Crippen molar-refractivity contribution in [3.63, 3.8) is 0 Å². The summed E-state index contributed by atoms with van der Waals surface area (Å²) in [7, 11) is 0. The molecule has 4 saturated carbocycles. The summed E-state index contributed by atoms with van der Waals surface area (Å²) in [6.07, 6.45) is 3.76. The molecule has 0 aromatic rings.